The maximum atomic E-state index is 4.27. The molecule has 0 radical (unpaired) electrons. The van der Waals surface area contributed by atoms with Gasteiger partial charge in [-0.2, -0.15) is 0 Å². The molecule has 0 atom stereocenters. The van der Waals surface area contributed by atoms with Gasteiger partial charge in [0.15, 0.2) is 5.96 Å². The number of benzene rings is 1. The van der Waals surface area contributed by atoms with Crippen molar-refractivity contribution in [2.75, 3.05) is 25.5 Å². The summed E-state index contributed by atoms with van der Waals surface area (Å²) in [5.41, 5.74) is 2.58. The molecule has 1 aromatic heterocycles. The van der Waals surface area contributed by atoms with Crippen molar-refractivity contribution in [1.82, 2.24) is 15.6 Å². The van der Waals surface area contributed by atoms with E-state index in [1.165, 1.54) is 11.1 Å². The van der Waals surface area contributed by atoms with Gasteiger partial charge < -0.3 is 16.0 Å². The molecule has 1 heterocycles. The number of nitrogens with zero attached hydrogens (tertiary/aromatic N) is 2. The van der Waals surface area contributed by atoms with Gasteiger partial charge in [0.2, 0.25) is 0 Å². The normalized spacial score (nSPS) is 11.2. The number of aromatic nitrogens is 1. The van der Waals surface area contributed by atoms with Gasteiger partial charge in [-0.25, -0.2) is 4.98 Å². The van der Waals surface area contributed by atoms with Gasteiger partial charge in [-0.1, -0.05) is 30.3 Å². The van der Waals surface area contributed by atoms with Crippen molar-refractivity contribution >= 4 is 11.8 Å². The molecule has 0 aliphatic rings. The number of unbranched alkanes of at least 4 members (excludes halogenated alkanes) is 1. The number of rotatable bonds is 8. The van der Waals surface area contributed by atoms with E-state index in [4.69, 9.17) is 0 Å². The van der Waals surface area contributed by atoms with Gasteiger partial charge in [0.1, 0.15) is 5.82 Å². The van der Waals surface area contributed by atoms with Crippen LogP contribution in [0, 0.1) is 6.92 Å². The Kier molecular flexibility index (Phi) is 7.60. The molecule has 3 N–H and O–H groups in total. The Labute approximate surface area is 144 Å². The number of nitrogens with one attached hydrogen (secondary N) is 3. The molecule has 0 aliphatic heterocycles. The van der Waals surface area contributed by atoms with Crippen molar-refractivity contribution < 1.29 is 0 Å². The molecule has 0 saturated heterocycles. The molecular formula is C19H27N5. The lowest BCUT2D eigenvalue weighted by molar-refractivity contribution is 0.711. The third-order valence-corrected chi connectivity index (χ3v) is 3.80. The zero-order valence-corrected chi connectivity index (χ0v) is 14.5. The van der Waals surface area contributed by atoms with Gasteiger partial charge in [0.05, 0.1) is 0 Å². The van der Waals surface area contributed by atoms with Crippen LogP contribution in [0.5, 0.6) is 0 Å². The lowest BCUT2D eigenvalue weighted by Crippen LogP contribution is -2.37. The number of pyridine rings is 1. The quantitative estimate of drug-likeness (QED) is 0.397. The largest absolute Gasteiger partial charge is 0.370 e. The maximum absolute atomic E-state index is 4.27. The van der Waals surface area contributed by atoms with E-state index in [-0.39, 0.29) is 0 Å². The second kappa shape index (κ2) is 10.3. The standard InChI is InChI=1S/C19H27N5/c1-16-9-3-4-10-17(16)15-24-19(20-2)23-14-8-7-13-22-18-11-5-6-12-21-18/h3-6,9-12H,7-8,13-15H2,1-2H3,(H,21,22)(H2,20,23,24). The fourth-order valence-corrected chi connectivity index (χ4v) is 2.35. The SMILES string of the molecule is CN=C(NCCCCNc1ccccn1)NCc1ccccc1C. The first-order valence-electron chi connectivity index (χ1n) is 8.43. The first-order valence-corrected chi connectivity index (χ1v) is 8.43. The van der Waals surface area contributed by atoms with Crippen LogP contribution in [-0.2, 0) is 6.54 Å². The molecule has 0 fully saturated rings. The first-order chi connectivity index (χ1) is 11.8. The monoisotopic (exact) mass is 325 g/mol. The average molecular weight is 325 g/mol. The number of anilines is 1. The van der Waals surface area contributed by atoms with E-state index in [9.17, 15) is 0 Å². The lowest BCUT2D eigenvalue weighted by Gasteiger charge is -2.13. The smallest absolute Gasteiger partial charge is 0.191 e. The van der Waals surface area contributed by atoms with Crippen LogP contribution in [0.3, 0.4) is 0 Å². The van der Waals surface area contributed by atoms with Crippen LogP contribution >= 0.6 is 0 Å². The van der Waals surface area contributed by atoms with Crippen molar-refractivity contribution in [3.8, 4) is 0 Å². The lowest BCUT2D eigenvalue weighted by atomic mass is 10.1. The van der Waals surface area contributed by atoms with Gasteiger partial charge >= 0.3 is 0 Å². The molecular weight excluding hydrogens is 298 g/mol. The highest BCUT2D eigenvalue weighted by Crippen LogP contribution is 2.05. The first kappa shape index (κ1) is 17.8. The zero-order valence-electron chi connectivity index (χ0n) is 14.5. The molecule has 1 aromatic carbocycles. The molecule has 5 heteroatoms. The summed E-state index contributed by atoms with van der Waals surface area (Å²) in [4.78, 5) is 8.51. The van der Waals surface area contributed by atoms with Crippen LogP contribution in [-0.4, -0.2) is 31.1 Å². The van der Waals surface area contributed by atoms with Crippen LogP contribution in [0.2, 0.25) is 0 Å². The highest BCUT2D eigenvalue weighted by Gasteiger charge is 2.00. The topological polar surface area (TPSA) is 61.3 Å². The van der Waals surface area contributed by atoms with Gasteiger partial charge in [-0.05, 0) is 43.0 Å². The Bertz CT molecular complexity index is 625. The summed E-state index contributed by atoms with van der Waals surface area (Å²) in [7, 11) is 1.80. The number of guanidine groups is 1. The van der Waals surface area contributed by atoms with Gasteiger partial charge in [-0.3, -0.25) is 4.99 Å². The molecule has 128 valence electrons. The summed E-state index contributed by atoms with van der Waals surface area (Å²) < 4.78 is 0. The molecule has 5 nitrogen and oxygen atoms in total. The van der Waals surface area contributed by atoms with E-state index < -0.39 is 0 Å². The molecule has 2 aromatic rings. The molecule has 24 heavy (non-hydrogen) atoms. The van der Waals surface area contributed by atoms with E-state index in [0.717, 1.165) is 44.3 Å². The Hall–Kier alpha value is -2.56. The van der Waals surface area contributed by atoms with Crippen molar-refractivity contribution in [1.29, 1.82) is 0 Å². The summed E-state index contributed by atoms with van der Waals surface area (Å²) in [6.07, 6.45) is 3.96. The Morgan fingerprint density at radius 1 is 1.00 bits per heavy atom. The van der Waals surface area contributed by atoms with Crippen molar-refractivity contribution in [2.45, 2.75) is 26.3 Å². The molecule has 0 aliphatic carbocycles. The zero-order chi connectivity index (χ0) is 17.0. The summed E-state index contributed by atoms with van der Waals surface area (Å²) in [5, 5.41) is 10.0. The minimum Gasteiger partial charge on any atom is -0.370 e. The second-order valence-corrected chi connectivity index (χ2v) is 5.63. The molecule has 0 bridgehead atoms. The molecule has 0 spiro atoms. The highest BCUT2D eigenvalue weighted by atomic mass is 15.2. The van der Waals surface area contributed by atoms with E-state index in [1.807, 2.05) is 18.2 Å². The van der Waals surface area contributed by atoms with E-state index in [2.05, 4.69) is 57.1 Å². The third kappa shape index (κ3) is 6.28. The molecule has 2 rings (SSSR count). The van der Waals surface area contributed by atoms with Gasteiger partial charge in [-0.15, -0.1) is 0 Å². The number of aryl methyl sites for hydroxylation is 1. The van der Waals surface area contributed by atoms with Crippen LogP contribution in [0.25, 0.3) is 0 Å². The summed E-state index contributed by atoms with van der Waals surface area (Å²) in [6.45, 7) is 4.74. The van der Waals surface area contributed by atoms with Crippen molar-refractivity contribution in [3.63, 3.8) is 0 Å². The van der Waals surface area contributed by atoms with Crippen LogP contribution in [0.1, 0.15) is 24.0 Å². The molecule has 0 unspecified atom stereocenters. The van der Waals surface area contributed by atoms with Crippen molar-refractivity contribution in [2.24, 2.45) is 4.99 Å². The summed E-state index contributed by atoms with van der Waals surface area (Å²) in [5.74, 6) is 1.78. The van der Waals surface area contributed by atoms with Crippen LogP contribution in [0.15, 0.2) is 53.7 Å². The Morgan fingerprint density at radius 2 is 1.79 bits per heavy atom. The number of aliphatic imine (C=N–C) groups is 1. The molecule has 0 saturated carbocycles. The maximum Gasteiger partial charge on any atom is 0.191 e. The fraction of sp³-hybridized carbons (Fsp3) is 0.368. The third-order valence-electron chi connectivity index (χ3n) is 3.80. The minimum atomic E-state index is 0.785. The minimum absolute atomic E-state index is 0.785. The van der Waals surface area contributed by atoms with E-state index in [0.29, 0.717) is 0 Å². The second-order valence-electron chi connectivity index (χ2n) is 5.63. The highest BCUT2D eigenvalue weighted by molar-refractivity contribution is 5.79. The predicted octanol–water partition coefficient (Wildman–Crippen LogP) is 2.95. The summed E-state index contributed by atoms with van der Waals surface area (Å²) in [6, 6.07) is 14.3. The van der Waals surface area contributed by atoms with Crippen LogP contribution < -0.4 is 16.0 Å². The fourth-order valence-electron chi connectivity index (χ4n) is 2.35. The Morgan fingerprint density at radius 3 is 2.54 bits per heavy atom. The average Bonchev–Trinajstić information content (AvgIpc) is 2.62. The van der Waals surface area contributed by atoms with E-state index >= 15 is 0 Å². The summed E-state index contributed by atoms with van der Waals surface area (Å²) >= 11 is 0. The predicted molar refractivity (Wildman–Crippen MR) is 101 cm³/mol. The number of hydrogen-bond acceptors (Lipinski definition) is 3. The Balaban J connectivity index is 1.59. The van der Waals surface area contributed by atoms with Gasteiger partial charge in [0.25, 0.3) is 0 Å². The molecule has 0 amide bonds. The van der Waals surface area contributed by atoms with Gasteiger partial charge in [0, 0.05) is 32.9 Å². The van der Waals surface area contributed by atoms with Crippen molar-refractivity contribution in [3.05, 3.63) is 59.8 Å². The number of hydrogen-bond donors (Lipinski definition) is 3. The van der Waals surface area contributed by atoms with E-state index in [1.54, 1.807) is 13.2 Å². The van der Waals surface area contributed by atoms with Crippen LogP contribution in [0.4, 0.5) is 5.82 Å².